The number of carbonyl (C=O) groups is 1. The Morgan fingerprint density at radius 1 is 1.10 bits per heavy atom. The highest BCUT2D eigenvalue weighted by Crippen LogP contribution is 2.24. The molecule has 2 heterocycles. The van der Waals surface area contributed by atoms with E-state index in [0.29, 0.717) is 24.0 Å². The molecule has 1 aliphatic carbocycles. The summed E-state index contributed by atoms with van der Waals surface area (Å²) in [7, 11) is 0. The maximum Gasteiger partial charge on any atom is 0.252 e. The quantitative estimate of drug-likeness (QED) is 0.618. The highest BCUT2D eigenvalue weighted by molar-refractivity contribution is 6.07. The van der Waals surface area contributed by atoms with Crippen molar-refractivity contribution in [1.82, 2.24) is 15.2 Å². The van der Waals surface area contributed by atoms with Crippen LogP contribution in [0, 0.1) is 0 Å². The molecule has 1 atom stereocenters. The summed E-state index contributed by atoms with van der Waals surface area (Å²) in [4.78, 5) is 19.9. The van der Waals surface area contributed by atoms with Gasteiger partial charge in [0.15, 0.2) is 0 Å². The highest BCUT2D eigenvalue weighted by Gasteiger charge is 2.25. The first-order valence-corrected chi connectivity index (χ1v) is 11.1. The lowest BCUT2D eigenvalue weighted by Gasteiger charge is -2.33. The number of carbonyl (C=O) groups excluding carboxylic acids is 1. The highest BCUT2D eigenvalue weighted by atomic mass is 16.5. The fourth-order valence-electron chi connectivity index (χ4n) is 4.05. The fraction of sp³-hybridized carbons (Fsp3) is 0.360. The number of para-hydroxylation sites is 1. The number of rotatable bonds is 7. The van der Waals surface area contributed by atoms with E-state index >= 15 is 0 Å². The molecule has 160 valence electrons. The normalized spacial score (nSPS) is 19.3. The second-order valence-electron chi connectivity index (χ2n) is 8.41. The molecule has 1 saturated carbocycles. The molecule has 3 aromatic rings. The Kier molecular flexibility index (Phi) is 5.82. The van der Waals surface area contributed by atoms with Gasteiger partial charge < -0.3 is 15.4 Å². The Labute approximate surface area is 182 Å². The number of nitrogens with zero attached hydrogens (tertiary/aromatic N) is 2. The van der Waals surface area contributed by atoms with Crippen molar-refractivity contribution in [2.75, 3.05) is 31.6 Å². The lowest BCUT2D eigenvalue weighted by atomic mass is 10.1. The summed E-state index contributed by atoms with van der Waals surface area (Å²) in [5, 5.41) is 7.39. The van der Waals surface area contributed by atoms with Crippen molar-refractivity contribution in [3.63, 3.8) is 0 Å². The summed E-state index contributed by atoms with van der Waals surface area (Å²) in [5.41, 5.74) is 2.82. The van der Waals surface area contributed by atoms with E-state index in [0.717, 1.165) is 50.0 Å². The van der Waals surface area contributed by atoms with E-state index in [9.17, 15) is 4.79 Å². The Bertz CT molecular complexity index is 1050. The number of nitrogens with one attached hydrogen (secondary N) is 2. The van der Waals surface area contributed by atoms with Gasteiger partial charge in [-0.3, -0.25) is 9.69 Å². The van der Waals surface area contributed by atoms with Crippen LogP contribution < -0.4 is 10.6 Å². The smallest absolute Gasteiger partial charge is 0.252 e. The molecule has 2 aromatic carbocycles. The zero-order chi connectivity index (χ0) is 21.0. The molecule has 6 heteroatoms. The molecular formula is C25H28N4O2. The van der Waals surface area contributed by atoms with E-state index in [-0.39, 0.29) is 12.0 Å². The molecule has 1 saturated heterocycles. The molecule has 2 aliphatic rings. The van der Waals surface area contributed by atoms with Crippen LogP contribution in [0.25, 0.3) is 10.9 Å². The van der Waals surface area contributed by atoms with Gasteiger partial charge in [-0.2, -0.15) is 0 Å². The van der Waals surface area contributed by atoms with Crippen LogP contribution in [0.15, 0.2) is 60.7 Å². The van der Waals surface area contributed by atoms with Gasteiger partial charge in [0.25, 0.3) is 5.91 Å². The van der Waals surface area contributed by atoms with Gasteiger partial charge in [-0.15, -0.1) is 0 Å². The van der Waals surface area contributed by atoms with E-state index in [1.807, 2.05) is 36.4 Å². The minimum Gasteiger partial charge on any atom is -0.374 e. The number of hydrogen-bond donors (Lipinski definition) is 2. The zero-order valence-corrected chi connectivity index (χ0v) is 17.6. The molecule has 31 heavy (non-hydrogen) atoms. The standard InChI is InChI=1S/C25H28N4O2/c30-25(27-19-10-11-19)22-14-24(28-23-9-5-4-8-21(22)23)26-15-20-17-29(12-13-31-20)16-18-6-2-1-3-7-18/h1-9,14,19-20H,10-13,15-17H2,(H,26,28)(H,27,30)/t20-/m0/s1. The molecule has 5 rings (SSSR count). The molecule has 0 spiro atoms. The third-order valence-corrected chi connectivity index (χ3v) is 5.86. The average Bonchev–Trinajstić information content (AvgIpc) is 3.62. The topological polar surface area (TPSA) is 66.5 Å². The first-order valence-electron chi connectivity index (χ1n) is 11.1. The van der Waals surface area contributed by atoms with E-state index in [4.69, 9.17) is 9.72 Å². The van der Waals surface area contributed by atoms with Crippen LogP contribution in [0.5, 0.6) is 0 Å². The van der Waals surface area contributed by atoms with Crippen molar-refractivity contribution in [1.29, 1.82) is 0 Å². The monoisotopic (exact) mass is 416 g/mol. The van der Waals surface area contributed by atoms with Crippen LogP contribution in [0.4, 0.5) is 5.82 Å². The van der Waals surface area contributed by atoms with Crippen molar-refractivity contribution in [3.05, 3.63) is 71.8 Å². The summed E-state index contributed by atoms with van der Waals surface area (Å²) in [6, 6.07) is 20.5. The fourth-order valence-corrected chi connectivity index (χ4v) is 4.05. The van der Waals surface area contributed by atoms with Gasteiger partial charge in [0.05, 0.1) is 23.8 Å². The van der Waals surface area contributed by atoms with Crippen molar-refractivity contribution in [2.24, 2.45) is 0 Å². The van der Waals surface area contributed by atoms with E-state index in [2.05, 4.69) is 39.8 Å². The van der Waals surface area contributed by atoms with E-state index in [1.54, 1.807) is 0 Å². The van der Waals surface area contributed by atoms with E-state index < -0.39 is 0 Å². The summed E-state index contributed by atoms with van der Waals surface area (Å²) in [6.45, 7) is 4.11. The van der Waals surface area contributed by atoms with Gasteiger partial charge in [-0.05, 0) is 30.5 Å². The van der Waals surface area contributed by atoms with Crippen LogP contribution in [-0.2, 0) is 11.3 Å². The second kappa shape index (κ2) is 9.04. The number of aromatic nitrogens is 1. The number of amides is 1. The summed E-state index contributed by atoms with van der Waals surface area (Å²) < 4.78 is 5.98. The van der Waals surface area contributed by atoms with Crippen LogP contribution in [0.3, 0.4) is 0 Å². The lowest BCUT2D eigenvalue weighted by Crippen LogP contribution is -2.44. The van der Waals surface area contributed by atoms with Crippen LogP contribution in [0.1, 0.15) is 28.8 Å². The first-order chi connectivity index (χ1) is 15.2. The molecule has 2 fully saturated rings. The third-order valence-electron chi connectivity index (χ3n) is 5.86. The lowest BCUT2D eigenvalue weighted by molar-refractivity contribution is -0.0240. The molecule has 0 radical (unpaired) electrons. The molecule has 0 unspecified atom stereocenters. The van der Waals surface area contributed by atoms with Crippen LogP contribution in [-0.4, -0.2) is 54.2 Å². The number of hydrogen-bond acceptors (Lipinski definition) is 5. The molecule has 1 aromatic heterocycles. The zero-order valence-electron chi connectivity index (χ0n) is 17.6. The average molecular weight is 417 g/mol. The maximum atomic E-state index is 12.8. The van der Waals surface area contributed by atoms with Gasteiger partial charge in [0.2, 0.25) is 0 Å². The van der Waals surface area contributed by atoms with E-state index in [1.165, 1.54) is 5.56 Å². The van der Waals surface area contributed by atoms with Crippen LogP contribution >= 0.6 is 0 Å². The van der Waals surface area contributed by atoms with Crippen LogP contribution in [0.2, 0.25) is 0 Å². The molecule has 2 N–H and O–H groups in total. The Morgan fingerprint density at radius 2 is 1.90 bits per heavy atom. The Balaban J connectivity index is 1.26. The maximum absolute atomic E-state index is 12.8. The third kappa shape index (κ3) is 5.03. The minimum absolute atomic E-state index is 0.0212. The predicted octanol–water partition coefficient (Wildman–Crippen LogP) is 3.44. The van der Waals surface area contributed by atoms with Gasteiger partial charge in [0.1, 0.15) is 5.82 Å². The van der Waals surface area contributed by atoms with Gasteiger partial charge in [-0.25, -0.2) is 4.98 Å². The number of benzene rings is 2. The van der Waals surface area contributed by atoms with Crippen molar-refractivity contribution >= 4 is 22.6 Å². The Hall–Kier alpha value is -2.96. The largest absolute Gasteiger partial charge is 0.374 e. The Morgan fingerprint density at radius 3 is 2.74 bits per heavy atom. The number of fused-ring (bicyclic) bond motifs is 1. The molecule has 1 aliphatic heterocycles. The van der Waals surface area contributed by atoms with Crippen molar-refractivity contribution < 1.29 is 9.53 Å². The van der Waals surface area contributed by atoms with Crippen molar-refractivity contribution in [3.8, 4) is 0 Å². The van der Waals surface area contributed by atoms with Gasteiger partial charge in [-0.1, -0.05) is 48.5 Å². The van der Waals surface area contributed by atoms with Gasteiger partial charge in [0, 0.05) is 37.6 Å². The first kappa shape index (κ1) is 20.0. The number of ether oxygens (including phenoxy) is 1. The number of anilines is 1. The molecule has 6 nitrogen and oxygen atoms in total. The number of morpholine rings is 1. The number of pyridine rings is 1. The van der Waals surface area contributed by atoms with Gasteiger partial charge >= 0.3 is 0 Å². The molecule has 0 bridgehead atoms. The second-order valence-corrected chi connectivity index (χ2v) is 8.41. The summed E-state index contributed by atoms with van der Waals surface area (Å²) in [5.74, 6) is 0.690. The predicted molar refractivity (Wildman–Crippen MR) is 122 cm³/mol. The molecular weight excluding hydrogens is 388 g/mol. The summed E-state index contributed by atoms with van der Waals surface area (Å²) in [6.07, 6.45) is 2.21. The molecule has 1 amide bonds. The van der Waals surface area contributed by atoms with Crippen molar-refractivity contribution in [2.45, 2.75) is 31.5 Å². The SMILES string of the molecule is O=C(NC1CC1)c1cc(NC[C@H]2CN(Cc3ccccc3)CCO2)nc2ccccc12. The minimum atomic E-state index is -0.0212. The summed E-state index contributed by atoms with van der Waals surface area (Å²) >= 11 is 0.